The van der Waals surface area contributed by atoms with Crippen LogP contribution in [0.3, 0.4) is 0 Å². The summed E-state index contributed by atoms with van der Waals surface area (Å²) in [6, 6.07) is 7.40. The Bertz CT molecular complexity index is 498. The highest BCUT2D eigenvalue weighted by Gasteiger charge is 2.34. The van der Waals surface area contributed by atoms with E-state index in [1.807, 2.05) is 24.3 Å². The molecule has 0 bridgehead atoms. The lowest BCUT2D eigenvalue weighted by atomic mass is 10.1. The van der Waals surface area contributed by atoms with Crippen LogP contribution in [0.2, 0.25) is 0 Å². The molecule has 0 radical (unpaired) electrons. The Kier molecular flexibility index (Phi) is 4.61. The Hall–Kier alpha value is -2.04. The zero-order chi connectivity index (χ0) is 14.5. The number of nitrogens with one attached hydrogen (secondary N) is 1. The number of aryl methyl sites for hydroxylation is 1. The Balaban J connectivity index is 2.07. The fourth-order valence-corrected chi connectivity index (χ4v) is 2.22. The normalized spacial score (nSPS) is 13.8. The van der Waals surface area contributed by atoms with E-state index in [1.165, 1.54) is 4.90 Å². The highest BCUT2D eigenvalue weighted by molar-refractivity contribution is 5.92. The number of carboxylic acids is 1. The molecular weight excluding hydrogens is 256 g/mol. The van der Waals surface area contributed by atoms with Gasteiger partial charge in [-0.2, -0.15) is 0 Å². The third-order valence-electron chi connectivity index (χ3n) is 3.33. The summed E-state index contributed by atoms with van der Waals surface area (Å²) < 4.78 is 0. The summed E-state index contributed by atoms with van der Waals surface area (Å²) in [6.45, 7) is 1.84. The number of carbonyl (C=O) groups is 2. The van der Waals surface area contributed by atoms with Gasteiger partial charge < -0.3 is 15.3 Å². The van der Waals surface area contributed by atoms with Gasteiger partial charge in [0.2, 0.25) is 0 Å². The summed E-state index contributed by atoms with van der Waals surface area (Å²) in [5.74, 6) is -0.978. The second-order valence-corrected chi connectivity index (χ2v) is 5.09. The third-order valence-corrected chi connectivity index (χ3v) is 3.33. The molecule has 5 heteroatoms. The molecule has 1 saturated carbocycles. The van der Waals surface area contributed by atoms with Crippen molar-refractivity contribution in [2.24, 2.45) is 0 Å². The summed E-state index contributed by atoms with van der Waals surface area (Å²) in [5, 5.41) is 11.7. The fourth-order valence-electron chi connectivity index (χ4n) is 2.22. The molecule has 1 aliphatic rings. The molecular formula is C15H20N2O3. The minimum Gasteiger partial charge on any atom is -0.480 e. The molecule has 0 spiro atoms. The molecule has 1 aromatic carbocycles. The predicted molar refractivity (Wildman–Crippen MR) is 76.8 cm³/mol. The average Bonchev–Trinajstić information content (AvgIpc) is 3.22. The summed E-state index contributed by atoms with van der Waals surface area (Å²) in [5.41, 5.74) is 1.85. The van der Waals surface area contributed by atoms with Crippen LogP contribution < -0.4 is 5.32 Å². The van der Waals surface area contributed by atoms with Crippen molar-refractivity contribution in [1.82, 2.24) is 4.90 Å². The van der Waals surface area contributed by atoms with Crippen molar-refractivity contribution in [2.75, 3.05) is 11.9 Å². The van der Waals surface area contributed by atoms with Crippen molar-refractivity contribution in [3.8, 4) is 0 Å². The Morgan fingerprint density at radius 2 is 2.05 bits per heavy atom. The first-order valence-corrected chi connectivity index (χ1v) is 6.99. The predicted octanol–water partition coefficient (Wildman–Crippen LogP) is 2.72. The monoisotopic (exact) mass is 276 g/mol. The molecule has 0 heterocycles. The fraction of sp³-hybridized carbons (Fsp3) is 0.467. The van der Waals surface area contributed by atoms with Crippen LogP contribution in [0, 0.1) is 0 Å². The molecule has 0 saturated heterocycles. The van der Waals surface area contributed by atoms with E-state index in [4.69, 9.17) is 5.11 Å². The zero-order valence-corrected chi connectivity index (χ0v) is 11.6. The van der Waals surface area contributed by atoms with Crippen LogP contribution in [-0.2, 0) is 11.2 Å². The van der Waals surface area contributed by atoms with Gasteiger partial charge in [-0.05, 0) is 30.9 Å². The first-order chi connectivity index (χ1) is 9.61. The zero-order valence-electron chi connectivity index (χ0n) is 11.6. The number of amides is 2. The van der Waals surface area contributed by atoms with Crippen molar-refractivity contribution < 1.29 is 14.7 Å². The largest absolute Gasteiger partial charge is 0.480 e. The summed E-state index contributed by atoms with van der Waals surface area (Å²) in [6.07, 6.45) is 3.65. The van der Waals surface area contributed by atoms with Crippen molar-refractivity contribution in [3.63, 3.8) is 0 Å². The molecule has 5 nitrogen and oxygen atoms in total. The Morgan fingerprint density at radius 3 is 2.65 bits per heavy atom. The number of anilines is 1. The number of nitrogens with zero attached hydrogens (tertiary/aromatic N) is 1. The van der Waals surface area contributed by atoms with E-state index in [1.54, 1.807) is 0 Å². The summed E-state index contributed by atoms with van der Waals surface area (Å²) >= 11 is 0. The minimum atomic E-state index is -0.978. The van der Waals surface area contributed by atoms with Gasteiger partial charge in [0.15, 0.2) is 0 Å². The lowest BCUT2D eigenvalue weighted by Crippen LogP contribution is -2.40. The van der Waals surface area contributed by atoms with Gasteiger partial charge in [-0.15, -0.1) is 0 Å². The maximum absolute atomic E-state index is 12.2. The van der Waals surface area contributed by atoms with Gasteiger partial charge in [0.25, 0.3) is 0 Å². The number of carbonyl (C=O) groups excluding carboxylic acids is 1. The van der Waals surface area contributed by atoms with Crippen LogP contribution in [0.1, 0.15) is 31.7 Å². The SMILES string of the molecule is CCCc1ccccc1NC(=O)N(CC(=O)O)C1CC1. The summed E-state index contributed by atoms with van der Waals surface area (Å²) in [4.78, 5) is 24.5. The molecule has 108 valence electrons. The van der Waals surface area contributed by atoms with E-state index in [-0.39, 0.29) is 18.6 Å². The van der Waals surface area contributed by atoms with E-state index in [9.17, 15) is 9.59 Å². The van der Waals surface area contributed by atoms with E-state index < -0.39 is 5.97 Å². The van der Waals surface area contributed by atoms with Gasteiger partial charge in [-0.3, -0.25) is 4.79 Å². The molecule has 0 aromatic heterocycles. The van der Waals surface area contributed by atoms with Crippen molar-refractivity contribution in [2.45, 2.75) is 38.6 Å². The number of rotatable bonds is 6. The molecule has 0 aliphatic heterocycles. The molecule has 1 aromatic rings. The number of hydrogen-bond donors (Lipinski definition) is 2. The number of urea groups is 1. The van der Waals surface area contributed by atoms with Crippen molar-refractivity contribution >= 4 is 17.7 Å². The number of hydrogen-bond acceptors (Lipinski definition) is 2. The second-order valence-electron chi connectivity index (χ2n) is 5.09. The van der Waals surface area contributed by atoms with Crippen LogP contribution in [0.5, 0.6) is 0 Å². The van der Waals surface area contributed by atoms with Gasteiger partial charge in [-0.25, -0.2) is 4.79 Å². The van der Waals surface area contributed by atoms with Crippen LogP contribution in [0.15, 0.2) is 24.3 Å². The topological polar surface area (TPSA) is 69.6 Å². The standard InChI is InChI=1S/C15H20N2O3/c1-2-5-11-6-3-4-7-13(11)16-15(20)17(10-14(18)19)12-8-9-12/h3-4,6-7,12H,2,5,8-10H2,1H3,(H,16,20)(H,18,19). The smallest absolute Gasteiger partial charge is 0.323 e. The highest BCUT2D eigenvalue weighted by atomic mass is 16.4. The van der Waals surface area contributed by atoms with E-state index in [2.05, 4.69) is 12.2 Å². The molecule has 1 fully saturated rings. The van der Waals surface area contributed by atoms with Gasteiger partial charge in [0.1, 0.15) is 6.54 Å². The number of para-hydroxylation sites is 1. The van der Waals surface area contributed by atoms with Crippen LogP contribution in [0.4, 0.5) is 10.5 Å². The second kappa shape index (κ2) is 6.41. The Labute approximate surface area is 118 Å². The molecule has 0 atom stereocenters. The van der Waals surface area contributed by atoms with Crippen LogP contribution in [-0.4, -0.2) is 34.6 Å². The van der Waals surface area contributed by atoms with Gasteiger partial charge >= 0.3 is 12.0 Å². The average molecular weight is 276 g/mol. The molecule has 0 unspecified atom stereocenters. The Morgan fingerprint density at radius 1 is 1.35 bits per heavy atom. The van der Waals surface area contributed by atoms with Gasteiger partial charge in [0, 0.05) is 11.7 Å². The third kappa shape index (κ3) is 3.73. The minimum absolute atomic E-state index is 0.0736. The first kappa shape index (κ1) is 14.4. The maximum atomic E-state index is 12.2. The summed E-state index contributed by atoms with van der Waals surface area (Å²) in [7, 11) is 0. The molecule has 20 heavy (non-hydrogen) atoms. The molecule has 2 amide bonds. The van der Waals surface area contributed by atoms with Gasteiger partial charge in [-0.1, -0.05) is 31.5 Å². The quantitative estimate of drug-likeness (QED) is 0.839. The van der Waals surface area contributed by atoms with Crippen molar-refractivity contribution in [3.05, 3.63) is 29.8 Å². The lowest BCUT2D eigenvalue weighted by Gasteiger charge is -2.21. The van der Waals surface area contributed by atoms with E-state index >= 15 is 0 Å². The molecule has 2 rings (SSSR count). The van der Waals surface area contributed by atoms with Crippen LogP contribution >= 0.6 is 0 Å². The van der Waals surface area contributed by atoms with Crippen LogP contribution in [0.25, 0.3) is 0 Å². The van der Waals surface area contributed by atoms with E-state index in [0.717, 1.165) is 36.9 Å². The van der Waals surface area contributed by atoms with Gasteiger partial charge in [0.05, 0.1) is 0 Å². The number of aliphatic carboxylic acids is 1. The van der Waals surface area contributed by atoms with Crippen molar-refractivity contribution in [1.29, 1.82) is 0 Å². The maximum Gasteiger partial charge on any atom is 0.323 e. The molecule has 2 N–H and O–H groups in total. The molecule has 1 aliphatic carbocycles. The lowest BCUT2D eigenvalue weighted by molar-refractivity contribution is -0.137. The van der Waals surface area contributed by atoms with E-state index in [0.29, 0.717) is 0 Å². The number of carboxylic acid groups (broad SMARTS) is 1. The first-order valence-electron chi connectivity index (χ1n) is 6.99. The highest BCUT2D eigenvalue weighted by Crippen LogP contribution is 2.27. The number of benzene rings is 1.